The van der Waals surface area contributed by atoms with Crippen molar-refractivity contribution in [2.24, 2.45) is 5.92 Å². The average molecular weight is 373 g/mol. The lowest BCUT2D eigenvalue weighted by Crippen LogP contribution is -2.45. The van der Waals surface area contributed by atoms with Gasteiger partial charge in [-0.1, -0.05) is 18.2 Å². The third-order valence-electron chi connectivity index (χ3n) is 5.44. The monoisotopic (exact) mass is 372 g/mol. The summed E-state index contributed by atoms with van der Waals surface area (Å²) in [5.41, 5.74) is 1.19. The Morgan fingerprint density at radius 1 is 1.11 bits per heavy atom. The SMILES string of the molecule is CN(CCCNC(=O)CN1CCC(C(=O)NC2CC2)CC1)c1ccccc1. The fraction of sp³-hybridized carbons (Fsp3) is 0.619. The number of para-hydroxylation sites is 1. The lowest BCUT2D eigenvalue weighted by atomic mass is 9.96. The third-order valence-corrected chi connectivity index (χ3v) is 5.44. The summed E-state index contributed by atoms with van der Waals surface area (Å²) in [7, 11) is 2.07. The first-order valence-electron chi connectivity index (χ1n) is 10.2. The molecule has 6 nitrogen and oxygen atoms in total. The summed E-state index contributed by atoms with van der Waals surface area (Å²) in [6.07, 6.45) is 4.89. The number of carbonyl (C=O) groups is 2. The van der Waals surface area contributed by atoms with Crippen molar-refractivity contribution in [3.63, 3.8) is 0 Å². The largest absolute Gasteiger partial charge is 0.375 e. The van der Waals surface area contributed by atoms with Gasteiger partial charge in [0.15, 0.2) is 0 Å². The molecule has 1 heterocycles. The number of nitrogens with zero attached hydrogens (tertiary/aromatic N) is 2. The number of benzene rings is 1. The van der Waals surface area contributed by atoms with Crippen LogP contribution in [0.15, 0.2) is 30.3 Å². The molecule has 27 heavy (non-hydrogen) atoms. The number of likely N-dealkylation sites (tertiary alicyclic amines) is 1. The van der Waals surface area contributed by atoms with E-state index < -0.39 is 0 Å². The predicted molar refractivity (Wildman–Crippen MR) is 108 cm³/mol. The van der Waals surface area contributed by atoms with Gasteiger partial charge in [0.2, 0.25) is 11.8 Å². The predicted octanol–water partition coefficient (Wildman–Crippen LogP) is 1.62. The molecule has 1 aromatic carbocycles. The van der Waals surface area contributed by atoms with Crippen molar-refractivity contribution in [1.29, 1.82) is 0 Å². The summed E-state index contributed by atoms with van der Waals surface area (Å²) >= 11 is 0. The van der Waals surface area contributed by atoms with Crippen molar-refractivity contribution in [3.05, 3.63) is 30.3 Å². The Labute approximate surface area is 162 Å². The second-order valence-electron chi connectivity index (χ2n) is 7.79. The molecular formula is C21H32N4O2. The lowest BCUT2D eigenvalue weighted by molar-refractivity contribution is -0.127. The standard InChI is InChI=1S/C21H32N4O2/c1-24(19-6-3-2-4-7-19)13-5-12-22-20(26)16-25-14-10-17(11-15-25)21(27)23-18-8-9-18/h2-4,6-7,17-18H,5,8-16H2,1H3,(H,22,26)(H,23,27). The van der Waals surface area contributed by atoms with E-state index in [2.05, 4.69) is 39.6 Å². The molecule has 0 atom stereocenters. The van der Waals surface area contributed by atoms with Crippen molar-refractivity contribution in [2.45, 2.75) is 38.1 Å². The lowest BCUT2D eigenvalue weighted by Gasteiger charge is -2.30. The Bertz CT molecular complexity index is 610. The molecule has 0 aromatic heterocycles. The van der Waals surface area contributed by atoms with Crippen molar-refractivity contribution in [1.82, 2.24) is 15.5 Å². The molecule has 1 saturated carbocycles. The van der Waals surface area contributed by atoms with Crippen LogP contribution in [0.2, 0.25) is 0 Å². The zero-order valence-electron chi connectivity index (χ0n) is 16.3. The van der Waals surface area contributed by atoms with E-state index in [9.17, 15) is 9.59 Å². The fourth-order valence-corrected chi connectivity index (χ4v) is 3.51. The molecule has 2 aliphatic rings. The normalized spacial score (nSPS) is 18.1. The Balaban J connectivity index is 1.26. The summed E-state index contributed by atoms with van der Waals surface area (Å²) in [6.45, 7) is 3.69. The molecule has 0 bridgehead atoms. The van der Waals surface area contributed by atoms with E-state index in [1.54, 1.807) is 0 Å². The number of amides is 2. The molecule has 1 aliphatic heterocycles. The summed E-state index contributed by atoms with van der Waals surface area (Å²) in [5.74, 6) is 0.417. The summed E-state index contributed by atoms with van der Waals surface area (Å²) < 4.78 is 0. The van der Waals surface area contributed by atoms with E-state index in [0.29, 0.717) is 19.1 Å². The molecule has 0 unspecified atom stereocenters. The van der Waals surface area contributed by atoms with Gasteiger partial charge in [-0.15, -0.1) is 0 Å². The van der Waals surface area contributed by atoms with Gasteiger partial charge in [0, 0.05) is 37.8 Å². The maximum atomic E-state index is 12.1. The van der Waals surface area contributed by atoms with Gasteiger partial charge in [0.25, 0.3) is 0 Å². The number of hydrogen-bond donors (Lipinski definition) is 2. The summed E-state index contributed by atoms with van der Waals surface area (Å²) in [4.78, 5) is 28.6. The highest BCUT2D eigenvalue weighted by atomic mass is 16.2. The zero-order valence-corrected chi connectivity index (χ0v) is 16.3. The van der Waals surface area contributed by atoms with Crippen LogP contribution < -0.4 is 15.5 Å². The van der Waals surface area contributed by atoms with Gasteiger partial charge in [-0.05, 0) is 57.3 Å². The van der Waals surface area contributed by atoms with Crippen LogP contribution in [0.3, 0.4) is 0 Å². The molecule has 6 heteroatoms. The molecule has 2 N–H and O–H groups in total. The van der Waals surface area contributed by atoms with Crippen LogP contribution in [0.1, 0.15) is 32.1 Å². The smallest absolute Gasteiger partial charge is 0.234 e. The second kappa shape index (κ2) is 9.74. The van der Waals surface area contributed by atoms with Crippen LogP contribution in [0, 0.1) is 5.92 Å². The molecule has 1 aliphatic carbocycles. The molecule has 2 amide bonds. The van der Waals surface area contributed by atoms with E-state index in [1.165, 1.54) is 5.69 Å². The van der Waals surface area contributed by atoms with E-state index in [0.717, 1.165) is 51.7 Å². The van der Waals surface area contributed by atoms with E-state index in [-0.39, 0.29) is 17.7 Å². The highest BCUT2D eigenvalue weighted by molar-refractivity contribution is 5.80. The van der Waals surface area contributed by atoms with Crippen molar-refractivity contribution < 1.29 is 9.59 Å². The highest BCUT2D eigenvalue weighted by Crippen LogP contribution is 2.22. The first-order chi connectivity index (χ1) is 13.1. The molecule has 148 valence electrons. The number of rotatable bonds is 9. The Hall–Kier alpha value is -2.08. The number of piperidine rings is 1. The molecule has 1 saturated heterocycles. The van der Waals surface area contributed by atoms with Gasteiger partial charge in [-0.25, -0.2) is 0 Å². The average Bonchev–Trinajstić information content (AvgIpc) is 3.50. The van der Waals surface area contributed by atoms with Gasteiger partial charge in [0.1, 0.15) is 0 Å². The molecule has 1 aromatic rings. The minimum Gasteiger partial charge on any atom is -0.375 e. The first kappa shape index (κ1) is 19.7. The molecule has 0 radical (unpaired) electrons. The van der Waals surface area contributed by atoms with Gasteiger partial charge in [-0.3, -0.25) is 14.5 Å². The summed E-state index contributed by atoms with van der Waals surface area (Å²) in [5, 5.41) is 6.11. The highest BCUT2D eigenvalue weighted by Gasteiger charge is 2.30. The quantitative estimate of drug-likeness (QED) is 0.647. The van der Waals surface area contributed by atoms with Gasteiger partial charge < -0.3 is 15.5 Å². The number of anilines is 1. The van der Waals surface area contributed by atoms with Gasteiger partial charge >= 0.3 is 0 Å². The minimum atomic E-state index is 0.0817. The van der Waals surface area contributed by atoms with Crippen LogP contribution in [0.25, 0.3) is 0 Å². The molecule has 2 fully saturated rings. The van der Waals surface area contributed by atoms with E-state index in [1.807, 2.05) is 18.2 Å². The number of hydrogen-bond acceptors (Lipinski definition) is 4. The summed E-state index contributed by atoms with van der Waals surface area (Å²) in [6, 6.07) is 10.7. The number of carbonyl (C=O) groups excluding carboxylic acids is 2. The van der Waals surface area contributed by atoms with Gasteiger partial charge in [-0.2, -0.15) is 0 Å². The van der Waals surface area contributed by atoms with E-state index in [4.69, 9.17) is 0 Å². The van der Waals surface area contributed by atoms with Crippen molar-refractivity contribution in [2.75, 3.05) is 44.7 Å². The van der Waals surface area contributed by atoms with E-state index >= 15 is 0 Å². The maximum Gasteiger partial charge on any atom is 0.234 e. The number of nitrogens with one attached hydrogen (secondary N) is 2. The second-order valence-corrected chi connectivity index (χ2v) is 7.79. The third kappa shape index (κ3) is 6.54. The Morgan fingerprint density at radius 2 is 1.81 bits per heavy atom. The van der Waals surface area contributed by atoms with Crippen molar-refractivity contribution in [3.8, 4) is 0 Å². The minimum absolute atomic E-state index is 0.0817. The van der Waals surface area contributed by atoms with Gasteiger partial charge in [0.05, 0.1) is 6.54 Å². The topological polar surface area (TPSA) is 64.7 Å². The molecule has 3 rings (SSSR count). The molecular weight excluding hydrogens is 340 g/mol. The van der Waals surface area contributed by atoms with Crippen LogP contribution in [0.4, 0.5) is 5.69 Å². The zero-order chi connectivity index (χ0) is 19.1. The molecule has 0 spiro atoms. The van der Waals surface area contributed by atoms with Crippen LogP contribution in [-0.2, 0) is 9.59 Å². The van der Waals surface area contributed by atoms with Crippen LogP contribution in [-0.4, -0.2) is 62.5 Å². The fourth-order valence-electron chi connectivity index (χ4n) is 3.51. The Morgan fingerprint density at radius 3 is 2.48 bits per heavy atom. The maximum absolute atomic E-state index is 12.1. The van der Waals surface area contributed by atoms with Crippen molar-refractivity contribution >= 4 is 17.5 Å². The van der Waals surface area contributed by atoms with Crippen LogP contribution in [0.5, 0.6) is 0 Å². The van der Waals surface area contributed by atoms with Crippen LogP contribution >= 0.6 is 0 Å². The first-order valence-corrected chi connectivity index (χ1v) is 10.2. The Kier molecular flexibility index (Phi) is 7.10.